The molecular weight excluding hydrogens is 492 g/mol. The van der Waals surface area contributed by atoms with Crippen LogP contribution in [0.4, 0.5) is 0 Å². The van der Waals surface area contributed by atoms with Gasteiger partial charge >= 0.3 is 5.97 Å². The first-order chi connectivity index (χ1) is 17.9. The number of benzene rings is 2. The van der Waals surface area contributed by atoms with Crippen molar-refractivity contribution in [1.29, 1.82) is 0 Å². The molecule has 7 atom stereocenters. The number of hydrogen-bond donors (Lipinski definition) is 1. The smallest absolute Gasteiger partial charge is 0.311 e. The summed E-state index contributed by atoms with van der Waals surface area (Å²) in [6.45, 7) is 15.6. The molecule has 5 nitrogen and oxygen atoms in total. The molecule has 0 bridgehead atoms. The van der Waals surface area contributed by atoms with Crippen LogP contribution < -0.4 is 10.4 Å². The van der Waals surface area contributed by atoms with Gasteiger partial charge < -0.3 is 19.0 Å². The molecule has 0 radical (unpaired) electrons. The number of aliphatic hydroxyl groups excluding tert-OH is 1. The molecule has 210 valence electrons. The van der Waals surface area contributed by atoms with E-state index < -0.39 is 26.3 Å². The van der Waals surface area contributed by atoms with Gasteiger partial charge in [0.15, 0.2) is 0 Å². The highest BCUT2D eigenvalue weighted by Gasteiger charge is 2.50. The van der Waals surface area contributed by atoms with Crippen molar-refractivity contribution >= 4 is 24.7 Å². The average Bonchev–Trinajstić information content (AvgIpc) is 2.92. The highest BCUT2D eigenvalue weighted by molar-refractivity contribution is 6.99. The van der Waals surface area contributed by atoms with E-state index in [9.17, 15) is 9.90 Å². The van der Waals surface area contributed by atoms with Crippen molar-refractivity contribution in [2.75, 3.05) is 13.7 Å². The SMILES string of the molecule is COC(=O)[C@H](C)[C@H](O)[C@H](C)[C@H]1O[C@H]([C@H](C)CO[Si](c2ccccc2)(c2ccccc2)C(C)(C)C)CC[C@@H]1C. The van der Waals surface area contributed by atoms with Crippen molar-refractivity contribution in [3.63, 3.8) is 0 Å². The first-order valence-electron chi connectivity index (χ1n) is 14.1. The lowest BCUT2D eigenvalue weighted by molar-refractivity contribution is -0.162. The highest BCUT2D eigenvalue weighted by Crippen LogP contribution is 2.39. The summed E-state index contributed by atoms with van der Waals surface area (Å²) in [5.74, 6) is -0.704. The third-order valence-corrected chi connectivity index (χ3v) is 13.6. The van der Waals surface area contributed by atoms with E-state index in [2.05, 4.69) is 95.3 Å². The van der Waals surface area contributed by atoms with Gasteiger partial charge in [0, 0.05) is 18.4 Å². The summed E-state index contributed by atoms with van der Waals surface area (Å²) in [6.07, 6.45) is 1.04. The van der Waals surface area contributed by atoms with Gasteiger partial charge in [0.1, 0.15) is 0 Å². The van der Waals surface area contributed by atoms with Crippen molar-refractivity contribution in [1.82, 2.24) is 0 Å². The normalized spacial score (nSPS) is 23.8. The van der Waals surface area contributed by atoms with Gasteiger partial charge in [-0.25, -0.2) is 0 Å². The third kappa shape index (κ3) is 6.41. The lowest BCUT2D eigenvalue weighted by atomic mass is 9.79. The number of rotatable bonds is 10. The zero-order chi connectivity index (χ0) is 28.1. The molecule has 38 heavy (non-hydrogen) atoms. The van der Waals surface area contributed by atoms with Crippen LogP contribution in [0.5, 0.6) is 0 Å². The zero-order valence-corrected chi connectivity index (χ0v) is 25.5. The summed E-state index contributed by atoms with van der Waals surface area (Å²) in [5.41, 5.74) is 0. The summed E-state index contributed by atoms with van der Waals surface area (Å²) in [4.78, 5) is 12.1. The van der Waals surface area contributed by atoms with Crippen LogP contribution in [0.15, 0.2) is 60.7 Å². The average molecular weight is 541 g/mol. The molecule has 0 unspecified atom stereocenters. The van der Waals surface area contributed by atoms with Crippen molar-refractivity contribution in [2.24, 2.45) is 23.7 Å². The maximum Gasteiger partial charge on any atom is 0.311 e. The second-order valence-corrected chi connectivity index (χ2v) is 16.6. The zero-order valence-electron chi connectivity index (χ0n) is 24.5. The number of esters is 1. The fourth-order valence-electron chi connectivity index (χ4n) is 6.16. The molecule has 3 rings (SSSR count). The summed E-state index contributed by atoms with van der Waals surface area (Å²) in [6, 6.07) is 21.4. The van der Waals surface area contributed by atoms with Gasteiger partial charge in [-0.3, -0.25) is 4.79 Å². The highest BCUT2D eigenvalue weighted by atomic mass is 28.4. The van der Waals surface area contributed by atoms with Crippen molar-refractivity contribution in [3.05, 3.63) is 60.7 Å². The van der Waals surface area contributed by atoms with Gasteiger partial charge in [-0.2, -0.15) is 0 Å². The molecule has 0 amide bonds. The number of methoxy groups -OCH3 is 1. The van der Waals surface area contributed by atoms with Crippen LogP contribution in [0.3, 0.4) is 0 Å². The van der Waals surface area contributed by atoms with E-state index in [0.29, 0.717) is 12.5 Å². The Morgan fingerprint density at radius 2 is 1.53 bits per heavy atom. The molecule has 0 spiro atoms. The Balaban J connectivity index is 1.82. The molecule has 1 N–H and O–H groups in total. The maximum absolute atomic E-state index is 12.1. The Hall–Kier alpha value is -1.99. The van der Waals surface area contributed by atoms with E-state index in [1.807, 2.05) is 6.92 Å². The van der Waals surface area contributed by atoms with E-state index in [1.165, 1.54) is 17.5 Å². The third-order valence-electron chi connectivity index (χ3n) is 8.56. The lowest BCUT2D eigenvalue weighted by Crippen LogP contribution is -2.67. The Kier molecular flexibility index (Phi) is 10.4. The first kappa shape index (κ1) is 30.5. The molecule has 0 aromatic heterocycles. The molecule has 1 aliphatic rings. The van der Waals surface area contributed by atoms with Gasteiger partial charge in [-0.05, 0) is 41.1 Å². The minimum Gasteiger partial charge on any atom is -0.469 e. The standard InChI is InChI=1S/C32H48O5Si/c1-22-19-20-28(37-30(22)24(3)29(33)25(4)31(34)35-8)23(2)21-36-38(32(5,6)7,26-15-11-9-12-16-26)27-17-13-10-14-18-27/h9-18,22-25,28-30,33H,19-21H2,1-8H3/t22-,23+,24-,25+,28-,29+,30-/m0/s1. The summed E-state index contributed by atoms with van der Waals surface area (Å²) in [5, 5.41) is 13.4. The van der Waals surface area contributed by atoms with Gasteiger partial charge in [0.2, 0.25) is 0 Å². The Morgan fingerprint density at radius 3 is 2.00 bits per heavy atom. The van der Waals surface area contributed by atoms with Crippen LogP contribution >= 0.6 is 0 Å². The van der Waals surface area contributed by atoms with E-state index in [4.69, 9.17) is 13.9 Å². The Morgan fingerprint density at radius 1 is 1.00 bits per heavy atom. The van der Waals surface area contributed by atoms with Gasteiger partial charge in [0.05, 0.1) is 31.3 Å². The fraction of sp³-hybridized carbons (Fsp3) is 0.594. The predicted octanol–water partition coefficient (Wildman–Crippen LogP) is 5.19. The molecule has 2 aromatic rings. The van der Waals surface area contributed by atoms with Crippen LogP contribution in [0.1, 0.15) is 61.3 Å². The number of carbonyl (C=O) groups is 1. The molecule has 1 aliphatic heterocycles. The molecule has 2 aromatic carbocycles. The predicted molar refractivity (Wildman–Crippen MR) is 156 cm³/mol. The van der Waals surface area contributed by atoms with Gasteiger partial charge in [-0.1, -0.05) is 102 Å². The molecule has 0 saturated carbocycles. The van der Waals surface area contributed by atoms with E-state index >= 15 is 0 Å². The molecule has 1 heterocycles. The minimum atomic E-state index is -2.62. The van der Waals surface area contributed by atoms with E-state index in [1.54, 1.807) is 6.92 Å². The van der Waals surface area contributed by atoms with E-state index in [-0.39, 0.29) is 29.1 Å². The number of carbonyl (C=O) groups excluding carboxylic acids is 1. The minimum absolute atomic E-state index is 0.0255. The second-order valence-electron chi connectivity index (χ2n) is 12.3. The lowest BCUT2D eigenvalue weighted by Gasteiger charge is -2.45. The van der Waals surface area contributed by atoms with E-state index in [0.717, 1.165) is 12.8 Å². The van der Waals surface area contributed by atoms with Crippen molar-refractivity contribution in [2.45, 2.75) is 84.7 Å². The van der Waals surface area contributed by atoms with Gasteiger partial charge in [0.25, 0.3) is 8.32 Å². The number of aliphatic hydroxyl groups is 1. The summed E-state index contributed by atoms with van der Waals surface area (Å²) < 4.78 is 18.7. The quantitative estimate of drug-likeness (QED) is 0.332. The summed E-state index contributed by atoms with van der Waals surface area (Å²) in [7, 11) is -1.26. The van der Waals surface area contributed by atoms with Crippen LogP contribution in [0.25, 0.3) is 0 Å². The molecule has 1 fully saturated rings. The molecular formula is C32H48O5Si. The number of hydrogen-bond acceptors (Lipinski definition) is 5. The second kappa shape index (κ2) is 12.9. The molecule has 1 saturated heterocycles. The van der Waals surface area contributed by atoms with Crippen LogP contribution in [0.2, 0.25) is 5.04 Å². The monoisotopic (exact) mass is 540 g/mol. The van der Waals surface area contributed by atoms with Gasteiger partial charge in [-0.15, -0.1) is 0 Å². The Labute approximate surface area is 231 Å². The summed E-state index contributed by atoms with van der Waals surface area (Å²) >= 11 is 0. The largest absolute Gasteiger partial charge is 0.469 e. The van der Waals surface area contributed by atoms with Crippen molar-refractivity contribution in [3.8, 4) is 0 Å². The van der Waals surface area contributed by atoms with Crippen LogP contribution in [-0.4, -0.2) is 51.4 Å². The topological polar surface area (TPSA) is 65.0 Å². The maximum atomic E-state index is 12.1. The van der Waals surface area contributed by atoms with Crippen molar-refractivity contribution < 1.29 is 23.8 Å². The number of ether oxygens (including phenoxy) is 2. The van der Waals surface area contributed by atoms with Crippen LogP contribution in [-0.2, 0) is 18.7 Å². The fourth-order valence-corrected chi connectivity index (χ4v) is 10.8. The molecule has 6 heteroatoms. The first-order valence-corrected chi connectivity index (χ1v) is 16.0. The van der Waals surface area contributed by atoms with Crippen LogP contribution in [0, 0.1) is 23.7 Å². The Bertz CT molecular complexity index is 966. The molecule has 0 aliphatic carbocycles.